The van der Waals surface area contributed by atoms with Gasteiger partial charge in [0, 0.05) is 6.54 Å². The molecule has 5 heteroatoms. The Morgan fingerprint density at radius 3 is 2.73 bits per heavy atom. The van der Waals surface area contributed by atoms with E-state index in [1.54, 1.807) is 20.8 Å². The van der Waals surface area contributed by atoms with Crippen molar-refractivity contribution in [1.29, 1.82) is 0 Å². The monoisotopic (exact) mass is 215 g/mol. The highest BCUT2D eigenvalue weighted by Gasteiger charge is 2.27. The average molecular weight is 215 g/mol. The van der Waals surface area contributed by atoms with Crippen molar-refractivity contribution in [3.8, 4) is 0 Å². The van der Waals surface area contributed by atoms with Crippen LogP contribution in [-0.2, 0) is 14.3 Å². The number of hydrogen-bond acceptors (Lipinski definition) is 4. The van der Waals surface area contributed by atoms with Gasteiger partial charge in [0.2, 0.25) is 0 Å². The van der Waals surface area contributed by atoms with E-state index in [2.05, 4.69) is 0 Å². The molecule has 0 bridgehead atoms. The lowest BCUT2D eigenvalue weighted by Crippen LogP contribution is -2.45. The summed E-state index contributed by atoms with van der Waals surface area (Å²) < 4.78 is 10.3. The van der Waals surface area contributed by atoms with Gasteiger partial charge in [0.1, 0.15) is 18.6 Å². The van der Waals surface area contributed by atoms with Gasteiger partial charge in [-0.15, -0.1) is 0 Å². The van der Waals surface area contributed by atoms with Crippen LogP contribution in [0.1, 0.15) is 20.8 Å². The molecular weight excluding hydrogens is 198 g/mol. The third kappa shape index (κ3) is 3.87. The SMILES string of the molecule is CC(C)(C)OC(=O)N1COC[C@@H](C=O)C1. The first kappa shape index (κ1) is 12.0. The van der Waals surface area contributed by atoms with Gasteiger partial charge in [0.15, 0.2) is 0 Å². The lowest BCUT2D eigenvalue weighted by Gasteiger charge is -2.32. The third-order valence-corrected chi connectivity index (χ3v) is 1.88. The fourth-order valence-electron chi connectivity index (χ4n) is 1.24. The maximum Gasteiger partial charge on any atom is 0.412 e. The van der Waals surface area contributed by atoms with Gasteiger partial charge in [0.25, 0.3) is 0 Å². The van der Waals surface area contributed by atoms with Crippen LogP contribution in [0.2, 0.25) is 0 Å². The van der Waals surface area contributed by atoms with E-state index in [1.165, 1.54) is 4.90 Å². The smallest absolute Gasteiger partial charge is 0.412 e. The molecule has 1 saturated heterocycles. The van der Waals surface area contributed by atoms with E-state index in [0.29, 0.717) is 13.2 Å². The Kier molecular flexibility index (Phi) is 3.68. The van der Waals surface area contributed by atoms with Gasteiger partial charge in [-0.05, 0) is 20.8 Å². The third-order valence-electron chi connectivity index (χ3n) is 1.88. The fraction of sp³-hybridized carbons (Fsp3) is 0.800. The summed E-state index contributed by atoms with van der Waals surface area (Å²) in [7, 11) is 0. The van der Waals surface area contributed by atoms with Crippen molar-refractivity contribution in [3.05, 3.63) is 0 Å². The molecule has 0 saturated carbocycles. The van der Waals surface area contributed by atoms with Crippen molar-refractivity contribution >= 4 is 12.4 Å². The Labute approximate surface area is 89.3 Å². The van der Waals surface area contributed by atoms with E-state index >= 15 is 0 Å². The van der Waals surface area contributed by atoms with Gasteiger partial charge >= 0.3 is 6.09 Å². The second-order valence-corrected chi connectivity index (χ2v) is 4.60. The van der Waals surface area contributed by atoms with E-state index in [9.17, 15) is 9.59 Å². The number of hydrogen-bond donors (Lipinski definition) is 0. The minimum Gasteiger partial charge on any atom is -0.444 e. The Morgan fingerprint density at radius 1 is 1.53 bits per heavy atom. The van der Waals surface area contributed by atoms with Crippen LogP contribution in [-0.4, -0.2) is 42.8 Å². The molecule has 86 valence electrons. The van der Waals surface area contributed by atoms with E-state index in [0.717, 1.165) is 6.29 Å². The standard InChI is InChI=1S/C10H17NO4/c1-10(2,3)15-9(13)11-4-8(5-12)6-14-7-11/h5,8H,4,6-7H2,1-3H3/t8-/m1/s1. The van der Waals surface area contributed by atoms with E-state index in [1.807, 2.05) is 0 Å². The Balaban J connectivity index is 2.49. The summed E-state index contributed by atoms with van der Waals surface area (Å²) in [4.78, 5) is 23.5. The molecule has 1 fully saturated rings. The van der Waals surface area contributed by atoms with Crippen molar-refractivity contribution in [1.82, 2.24) is 4.90 Å². The molecular formula is C10H17NO4. The molecule has 1 amide bonds. The normalized spacial score (nSPS) is 22.3. The Bertz CT molecular complexity index is 246. The molecule has 0 spiro atoms. The van der Waals surface area contributed by atoms with Crippen molar-refractivity contribution in [2.45, 2.75) is 26.4 Å². The van der Waals surface area contributed by atoms with Crippen LogP contribution in [0, 0.1) is 5.92 Å². The molecule has 0 aromatic heterocycles. The van der Waals surface area contributed by atoms with E-state index in [-0.39, 0.29) is 12.6 Å². The van der Waals surface area contributed by atoms with Crippen molar-refractivity contribution in [3.63, 3.8) is 0 Å². The molecule has 0 radical (unpaired) electrons. The van der Waals surface area contributed by atoms with Gasteiger partial charge in [-0.2, -0.15) is 0 Å². The van der Waals surface area contributed by atoms with Crippen LogP contribution >= 0.6 is 0 Å². The second-order valence-electron chi connectivity index (χ2n) is 4.60. The maximum absolute atomic E-state index is 11.6. The number of ether oxygens (including phenoxy) is 2. The van der Waals surface area contributed by atoms with Gasteiger partial charge in [-0.25, -0.2) is 4.79 Å². The summed E-state index contributed by atoms with van der Waals surface area (Å²) in [6.07, 6.45) is 0.366. The molecule has 1 heterocycles. The van der Waals surface area contributed by atoms with Gasteiger partial charge in [0.05, 0.1) is 12.5 Å². The zero-order valence-electron chi connectivity index (χ0n) is 9.36. The van der Waals surface area contributed by atoms with Crippen molar-refractivity contribution < 1.29 is 19.1 Å². The molecule has 1 rings (SSSR count). The molecule has 15 heavy (non-hydrogen) atoms. The van der Waals surface area contributed by atoms with E-state index in [4.69, 9.17) is 9.47 Å². The minimum atomic E-state index is -0.523. The van der Waals surface area contributed by atoms with Crippen LogP contribution in [0.25, 0.3) is 0 Å². The van der Waals surface area contributed by atoms with Crippen LogP contribution < -0.4 is 0 Å². The number of nitrogens with zero attached hydrogens (tertiary/aromatic N) is 1. The highest BCUT2D eigenvalue weighted by Crippen LogP contribution is 2.13. The Morgan fingerprint density at radius 2 is 2.20 bits per heavy atom. The molecule has 0 aliphatic carbocycles. The maximum atomic E-state index is 11.6. The lowest BCUT2D eigenvalue weighted by atomic mass is 10.1. The molecule has 0 aromatic carbocycles. The van der Waals surface area contributed by atoms with Crippen molar-refractivity contribution in [2.75, 3.05) is 19.9 Å². The summed E-state index contributed by atoms with van der Waals surface area (Å²) in [5.74, 6) is -0.244. The molecule has 1 aliphatic heterocycles. The molecule has 0 N–H and O–H groups in total. The molecule has 1 aliphatic rings. The quantitative estimate of drug-likeness (QED) is 0.613. The summed E-state index contributed by atoms with van der Waals surface area (Å²) in [6, 6.07) is 0. The first-order valence-corrected chi connectivity index (χ1v) is 4.93. The minimum absolute atomic E-state index is 0.194. The topological polar surface area (TPSA) is 55.8 Å². The van der Waals surface area contributed by atoms with Gasteiger partial charge in [-0.3, -0.25) is 4.90 Å². The zero-order chi connectivity index (χ0) is 11.5. The number of rotatable bonds is 1. The summed E-state index contributed by atoms with van der Waals surface area (Å²) in [6.45, 7) is 6.34. The van der Waals surface area contributed by atoms with Crippen LogP contribution in [0.15, 0.2) is 0 Å². The van der Waals surface area contributed by atoms with Crippen LogP contribution in [0.4, 0.5) is 4.79 Å². The number of amides is 1. The van der Waals surface area contributed by atoms with Crippen LogP contribution in [0.3, 0.4) is 0 Å². The average Bonchev–Trinajstić information content (AvgIpc) is 2.15. The Hall–Kier alpha value is -1.10. The number of carbonyl (C=O) groups is 2. The van der Waals surface area contributed by atoms with Gasteiger partial charge < -0.3 is 14.3 Å². The fourth-order valence-corrected chi connectivity index (χ4v) is 1.24. The predicted molar refractivity (Wildman–Crippen MR) is 53.3 cm³/mol. The first-order chi connectivity index (χ1) is 6.92. The molecule has 0 unspecified atom stereocenters. The second kappa shape index (κ2) is 4.61. The van der Waals surface area contributed by atoms with Gasteiger partial charge in [-0.1, -0.05) is 0 Å². The summed E-state index contributed by atoms with van der Waals surface area (Å²) >= 11 is 0. The predicted octanol–water partition coefficient (Wildman–Crippen LogP) is 1.03. The largest absolute Gasteiger partial charge is 0.444 e. The number of aldehydes is 1. The molecule has 1 atom stereocenters. The van der Waals surface area contributed by atoms with Crippen LogP contribution in [0.5, 0.6) is 0 Å². The number of carbonyl (C=O) groups excluding carboxylic acids is 2. The summed E-state index contributed by atoms with van der Waals surface area (Å²) in [5, 5.41) is 0. The zero-order valence-corrected chi connectivity index (χ0v) is 9.36. The highest BCUT2D eigenvalue weighted by molar-refractivity contribution is 5.69. The van der Waals surface area contributed by atoms with Crippen molar-refractivity contribution in [2.24, 2.45) is 5.92 Å². The first-order valence-electron chi connectivity index (χ1n) is 4.93. The summed E-state index contributed by atoms with van der Waals surface area (Å²) in [5.41, 5.74) is -0.523. The molecule has 5 nitrogen and oxygen atoms in total. The highest BCUT2D eigenvalue weighted by atomic mass is 16.6. The lowest BCUT2D eigenvalue weighted by molar-refractivity contribution is -0.119. The van der Waals surface area contributed by atoms with E-state index < -0.39 is 11.7 Å². The molecule has 0 aromatic rings.